The topological polar surface area (TPSA) is 55.4 Å². The van der Waals surface area contributed by atoms with Crippen molar-refractivity contribution >= 4 is 0 Å². The molecular formula is C22H26O6. The number of hydrogen-bond donors (Lipinski definition) is 0. The first kappa shape index (κ1) is 19.7. The molecule has 0 unspecified atom stereocenters. The van der Waals surface area contributed by atoms with Crippen LogP contribution in [0.2, 0.25) is 0 Å². The van der Waals surface area contributed by atoms with Crippen LogP contribution in [-0.2, 0) is 0 Å². The fraction of sp³-hybridized carbons (Fsp3) is 0.364. The van der Waals surface area contributed by atoms with Crippen molar-refractivity contribution in [3.63, 3.8) is 0 Å². The van der Waals surface area contributed by atoms with E-state index in [0.29, 0.717) is 41.1 Å². The van der Waals surface area contributed by atoms with Gasteiger partial charge in [-0.3, -0.25) is 0 Å². The fourth-order valence-corrected chi connectivity index (χ4v) is 3.49. The molecule has 6 nitrogen and oxygen atoms in total. The second kappa shape index (κ2) is 8.33. The maximum atomic E-state index is 6.36. The molecule has 0 aromatic heterocycles. The molecule has 3 rings (SSSR count). The Morgan fingerprint density at radius 1 is 0.929 bits per heavy atom. The van der Waals surface area contributed by atoms with Crippen molar-refractivity contribution < 1.29 is 28.4 Å². The highest BCUT2D eigenvalue weighted by atomic mass is 16.5. The number of fused-ring (bicyclic) bond motifs is 1. The minimum absolute atomic E-state index is 0.0924. The fourth-order valence-electron chi connectivity index (χ4n) is 3.49. The van der Waals surface area contributed by atoms with E-state index in [1.807, 2.05) is 24.3 Å². The molecule has 1 aliphatic heterocycles. The predicted molar refractivity (Wildman–Crippen MR) is 107 cm³/mol. The van der Waals surface area contributed by atoms with E-state index in [1.165, 1.54) is 0 Å². The molecule has 0 fully saturated rings. The van der Waals surface area contributed by atoms with Crippen molar-refractivity contribution in [1.82, 2.24) is 0 Å². The van der Waals surface area contributed by atoms with E-state index in [9.17, 15) is 0 Å². The Morgan fingerprint density at radius 3 is 2.11 bits per heavy atom. The smallest absolute Gasteiger partial charge is 0.204 e. The van der Waals surface area contributed by atoms with Crippen LogP contribution in [0.1, 0.15) is 30.1 Å². The first-order chi connectivity index (χ1) is 13.6. The maximum Gasteiger partial charge on any atom is 0.204 e. The Labute approximate surface area is 165 Å². The molecular weight excluding hydrogens is 360 g/mol. The average Bonchev–Trinajstić information content (AvgIpc) is 3.07. The minimum atomic E-state index is -0.234. The van der Waals surface area contributed by atoms with Gasteiger partial charge in [0.05, 0.1) is 28.4 Å². The van der Waals surface area contributed by atoms with Crippen LogP contribution in [-0.4, -0.2) is 35.0 Å². The number of methoxy groups -OCH3 is 4. The van der Waals surface area contributed by atoms with E-state index in [1.54, 1.807) is 34.5 Å². The molecule has 1 aliphatic rings. The van der Waals surface area contributed by atoms with Gasteiger partial charge in [-0.15, -0.1) is 0 Å². The lowest BCUT2D eigenvalue weighted by atomic mass is 9.92. The van der Waals surface area contributed by atoms with E-state index in [0.717, 1.165) is 11.1 Å². The Balaban J connectivity index is 2.05. The van der Waals surface area contributed by atoms with Crippen LogP contribution in [0.25, 0.3) is 0 Å². The van der Waals surface area contributed by atoms with Gasteiger partial charge in [-0.1, -0.05) is 25.6 Å². The van der Waals surface area contributed by atoms with Gasteiger partial charge >= 0.3 is 0 Å². The molecule has 0 saturated heterocycles. The van der Waals surface area contributed by atoms with Crippen molar-refractivity contribution in [2.45, 2.75) is 18.9 Å². The Kier molecular flexibility index (Phi) is 5.87. The van der Waals surface area contributed by atoms with Crippen LogP contribution in [0.4, 0.5) is 0 Å². The summed E-state index contributed by atoms with van der Waals surface area (Å²) < 4.78 is 34.0. The maximum absolute atomic E-state index is 6.36. The normalized spacial score (nSPS) is 17.3. The van der Waals surface area contributed by atoms with Crippen LogP contribution < -0.4 is 28.4 Å². The third-order valence-corrected chi connectivity index (χ3v) is 4.88. The lowest BCUT2D eigenvalue weighted by Crippen LogP contribution is -2.08. The standard InChI is InChI=1S/C22H26O6/c1-7-10-27-22-16(23-3)9-8-15-13(2)19(28-20(15)22)14-11-17(24-4)21(26-6)18(12-14)25-5/h7-9,11-13,19H,1,10H2,2-6H3/t13-,19-/m0/s1. The summed E-state index contributed by atoms with van der Waals surface area (Å²) in [5.74, 6) is 3.71. The van der Waals surface area contributed by atoms with Crippen molar-refractivity contribution in [3.8, 4) is 34.5 Å². The van der Waals surface area contributed by atoms with Crippen molar-refractivity contribution in [1.29, 1.82) is 0 Å². The number of rotatable bonds is 8. The van der Waals surface area contributed by atoms with Gasteiger partial charge in [0.2, 0.25) is 11.5 Å². The molecule has 150 valence electrons. The van der Waals surface area contributed by atoms with Gasteiger partial charge in [-0.05, 0) is 18.2 Å². The second-order valence-corrected chi connectivity index (χ2v) is 6.40. The van der Waals surface area contributed by atoms with E-state index >= 15 is 0 Å². The van der Waals surface area contributed by atoms with Gasteiger partial charge in [0.25, 0.3) is 0 Å². The molecule has 2 atom stereocenters. The van der Waals surface area contributed by atoms with Gasteiger partial charge in [0, 0.05) is 17.0 Å². The van der Waals surface area contributed by atoms with E-state index in [2.05, 4.69) is 13.5 Å². The number of benzene rings is 2. The minimum Gasteiger partial charge on any atom is -0.493 e. The van der Waals surface area contributed by atoms with Crippen molar-refractivity contribution in [2.24, 2.45) is 0 Å². The molecule has 1 heterocycles. The van der Waals surface area contributed by atoms with Crippen LogP contribution in [0, 0.1) is 0 Å². The van der Waals surface area contributed by atoms with Gasteiger partial charge in [0.15, 0.2) is 23.0 Å². The summed E-state index contributed by atoms with van der Waals surface area (Å²) in [5.41, 5.74) is 1.98. The first-order valence-electron chi connectivity index (χ1n) is 9.00. The highest BCUT2D eigenvalue weighted by Gasteiger charge is 2.37. The van der Waals surface area contributed by atoms with Crippen molar-refractivity contribution in [3.05, 3.63) is 48.0 Å². The highest BCUT2D eigenvalue weighted by molar-refractivity contribution is 5.61. The predicted octanol–water partition coefficient (Wildman–Crippen LogP) is 4.52. The lowest BCUT2D eigenvalue weighted by molar-refractivity contribution is 0.202. The summed E-state index contributed by atoms with van der Waals surface area (Å²) in [7, 11) is 6.39. The Hall–Kier alpha value is -3.02. The Bertz CT molecular complexity index is 835. The van der Waals surface area contributed by atoms with Crippen LogP contribution in [0.5, 0.6) is 34.5 Å². The summed E-state index contributed by atoms with van der Waals surface area (Å²) in [6.07, 6.45) is 1.45. The lowest BCUT2D eigenvalue weighted by Gasteiger charge is -2.20. The number of hydrogen-bond acceptors (Lipinski definition) is 6. The molecule has 2 aromatic rings. The summed E-state index contributed by atoms with van der Waals surface area (Å²) in [4.78, 5) is 0. The Morgan fingerprint density at radius 2 is 1.57 bits per heavy atom. The molecule has 6 heteroatoms. The molecule has 0 radical (unpaired) electrons. The van der Waals surface area contributed by atoms with E-state index < -0.39 is 0 Å². The van der Waals surface area contributed by atoms with Gasteiger partial charge < -0.3 is 28.4 Å². The molecule has 0 spiro atoms. The summed E-state index contributed by atoms with van der Waals surface area (Å²) >= 11 is 0. The molecule has 28 heavy (non-hydrogen) atoms. The summed E-state index contributed by atoms with van der Waals surface area (Å²) in [6, 6.07) is 7.73. The van der Waals surface area contributed by atoms with Crippen LogP contribution >= 0.6 is 0 Å². The van der Waals surface area contributed by atoms with Crippen LogP contribution in [0.15, 0.2) is 36.9 Å². The average molecular weight is 386 g/mol. The van der Waals surface area contributed by atoms with Gasteiger partial charge in [0.1, 0.15) is 12.7 Å². The molecule has 0 bridgehead atoms. The van der Waals surface area contributed by atoms with Gasteiger partial charge in [-0.25, -0.2) is 0 Å². The number of ether oxygens (including phenoxy) is 6. The zero-order valence-corrected chi connectivity index (χ0v) is 16.9. The van der Waals surface area contributed by atoms with Crippen LogP contribution in [0.3, 0.4) is 0 Å². The zero-order chi connectivity index (χ0) is 20.3. The molecule has 2 aromatic carbocycles. The molecule has 0 saturated carbocycles. The molecule has 0 amide bonds. The van der Waals surface area contributed by atoms with Gasteiger partial charge in [-0.2, -0.15) is 0 Å². The second-order valence-electron chi connectivity index (χ2n) is 6.40. The first-order valence-corrected chi connectivity index (χ1v) is 9.00. The summed E-state index contributed by atoms with van der Waals surface area (Å²) in [5, 5.41) is 0. The quantitative estimate of drug-likeness (QED) is 0.622. The zero-order valence-electron chi connectivity index (χ0n) is 16.9. The van der Waals surface area contributed by atoms with E-state index in [4.69, 9.17) is 28.4 Å². The van der Waals surface area contributed by atoms with Crippen molar-refractivity contribution in [2.75, 3.05) is 35.0 Å². The molecule has 0 aliphatic carbocycles. The largest absolute Gasteiger partial charge is 0.493 e. The highest BCUT2D eigenvalue weighted by Crippen LogP contribution is 2.54. The monoisotopic (exact) mass is 386 g/mol. The third kappa shape index (κ3) is 3.30. The van der Waals surface area contributed by atoms with E-state index in [-0.39, 0.29) is 12.0 Å². The summed E-state index contributed by atoms with van der Waals surface area (Å²) in [6.45, 7) is 6.19. The third-order valence-electron chi connectivity index (χ3n) is 4.88. The molecule has 0 N–H and O–H groups in total. The SMILES string of the molecule is C=CCOc1c(OC)ccc2c1O[C@H](c1cc(OC)c(OC)c(OC)c1)[C@H]2C.